The number of hydrogen-bond donors (Lipinski definition) is 2. The number of likely N-dealkylation sites (N-methyl/N-ethyl adjacent to an activating group) is 1. The molecule has 0 spiro atoms. The molecule has 1 saturated heterocycles. The highest BCUT2D eigenvalue weighted by molar-refractivity contribution is 6.09. The van der Waals surface area contributed by atoms with Crippen molar-refractivity contribution in [3.05, 3.63) is 54.6 Å². The second-order valence-corrected chi connectivity index (χ2v) is 7.58. The lowest BCUT2D eigenvalue weighted by atomic mass is 10.1. The maximum atomic E-state index is 6.17. The van der Waals surface area contributed by atoms with Crippen LogP contribution in [0, 0.1) is 0 Å². The average Bonchev–Trinajstić information content (AvgIpc) is 3.21. The van der Waals surface area contributed by atoms with Gasteiger partial charge in [-0.2, -0.15) is 5.10 Å². The molecule has 5 rings (SSSR count). The van der Waals surface area contributed by atoms with Gasteiger partial charge >= 0.3 is 0 Å². The quantitative estimate of drug-likeness (QED) is 0.682. The van der Waals surface area contributed by atoms with Gasteiger partial charge in [-0.15, -0.1) is 0 Å². The SMILES string of the molecule is CN1CC=C(c2cnc3c(Nc4cccc(OC5CCNCC5)c4)nccn23)C=N1. The summed E-state index contributed by atoms with van der Waals surface area (Å²) in [6, 6.07) is 8.02. The van der Waals surface area contributed by atoms with Gasteiger partial charge in [0.25, 0.3) is 0 Å². The van der Waals surface area contributed by atoms with Crippen LogP contribution in [0.2, 0.25) is 0 Å². The van der Waals surface area contributed by atoms with Crippen molar-refractivity contribution < 1.29 is 4.74 Å². The van der Waals surface area contributed by atoms with Gasteiger partial charge in [0.2, 0.25) is 0 Å². The Bertz CT molecular complexity index is 1100. The third-order valence-electron chi connectivity index (χ3n) is 5.38. The van der Waals surface area contributed by atoms with Gasteiger partial charge in [-0.1, -0.05) is 12.1 Å². The maximum Gasteiger partial charge on any atom is 0.180 e. The van der Waals surface area contributed by atoms with Crippen molar-refractivity contribution in [3.63, 3.8) is 0 Å². The molecule has 2 aromatic heterocycles. The molecule has 8 nitrogen and oxygen atoms in total. The highest BCUT2D eigenvalue weighted by atomic mass is 16.5. The van der Waals surface area contributed by atoms with Crippen molar-refractivity contribution in [1.82, 2.24) is 24.7 Å². The summed E-state index contributed by atoms with van der Waals surface area (Å²) in [6.07, 6.45) is 11.9. The molecule has 2 aliphatic heterocycles. The van der Waals surface area contributed by atoms with Crippen LogP contribution in [0.15, 0.2) is 54.0 Å². The number of piperidine rings is 1. The van der Waals surface area contributed by atoms with Crippen molar-refractivity contribution >= 4 is 28.9 Å². The fraction of sp³-hybridized carbons (Fsp3) is 0.318. The van der Waals surface area contributed by atoms with Gasteiger partial charge in [0.05, 0.1) is 24.7 Å². The van der Waals surface area contributed by atoms with E-state index in [0.717, 1.165) is 60.8 Å². The Morgan fingerprint density at radius 2 is 2.10 bits per heavy atom. The molecule has 4 heterocycles. The van der Waals surface area contributed by atoms with Gasteiger partial charge in [0, 0.05) is 36.8 Å². The molecule has 2 aliphatic rings. The van der Waals surface area contributed by atoms with Gasteiger partial charge in [0.15, 0.2) is 11.5 Å². The zero-order valence-electron chi connectivity index (χ0n) is 17.0. The minimum atomic E-state index is 0.266. The van der Waals surface area contributed by atoms with E-state index >= 15 is 0 Å². The molecule has 30 heavy (non-hydrogen) atoms. The maximum absolute atomic E-state index is 6.17. The van der Waals surface area contributed by atoms with E-state index in [9.17, 15) is 0 Å². The number of imidazole rings is 1. The summed E-state index contributed by atoms with van der Waals surface area (Å²) < 4.78 is 8.20. The second kappa shape index (κ2) is 8.16. The standard InChI is InChI=1S/C22H25N7O/c1-28-11-7-16(14-26-28)20-15-25-22-21(24-10-12-29(20)22)27-17-3-2-4-19(13-17)30-18-5-8-23-9-6-18/h2-4,7,10,12-15,18,23H,5-6,8-9,11H2,1H3,(H,24,27). The fourth-order valence-corrected chi connectivity index (χ4v) is 3.77. The normalized spacial score (nSPS) is 17.2. The van der Waals surface area contributed by atoms with Gasteiger partial charge in [-0.05, 0) is 38.1 Å². The van der Waals surface area contributed by atoms with Crippen molar-refractivity contribution in [2.45, 2.75) is 18.9 Å². The van der Waals surface area contributed by atoms with E-state index in [1.807, 2.05) is 59.3 Å². The number of rotatable bonds is 5. The first-order valence-corrected chi connectivity index (χ1v) is 10.3. The van der Waals surface area contributed by atoms with Crippen LogP contribution in [0.5, 0.6) is 5.75 Å². The van der Waals surface area contributed by atoms with Crippen LogP contribution in [0.3, 0.4) is 0 Å². The summed E-state index contributed by atoms with van der Waals surface area (Å²) in [4.78, 5) is 9.12. The molecule has 1 fully saturated rings. The van der Waals surface area contributed by atoms with Crippen LogP contribution in [0.4, 0.5) is 11.5 Å². The summed E-state index contributed by atoms with van der Waals surface area (Å²) >= 11 is 0. The third kappa shape index (κ3) is 3.86. The Labute approximate surface area is 175 Å². The summed E-state index contributed by atoms with van der Waals surface area (Å²) in [5.74, 6) is 1.57. The predicted molar refractivity (Wildman–Crippen MR) is 118 cm³/mol. The highest BCUT2D eigenvalue weighted by Gasteiger charge is 2.16. The van der Waals surface area contributed by atoms with Crippen LogP contribution in [-0.4, -0.2) is 58.4 Å². The zero-order chi connectivity index (χ0) is 20.3. The van der Waals surface area contributed by atoms with E-state index in [1.54, 1.807) is 6.20 Å². The smallest absolute Gasteiger partial charge is 0.180 e. The summed E-state index contributed by atoms with van der Waals surface area (Å²) in [6.45, 7) is 2.79. The first-order valence-electron chi connectivity index (χ1n) is 10.3. The molecule has 2 N–H and O–H groups in total. The van der Waals surface area contributed by atoms with Gasteiger partial charge in [0.1, 0.15) is 11.9 Å². The first-order chi connectivity index (χ1) is 14.8. The molecule has 0 radical (unpaired) electrons. The Balaban J connectivity index is 1.38. The molecule has 3 aromatic rings. The van der Waals surface area contributed by atoms with Crippen LogP contribution in [0.1, 0.15) is 18.5 Å². The molecule has 1 aromatic carbocycles. The number of allylic oxidation sites excluding steroid dienone is 1. The number of benzene rings is 1. The van der Waals surface area contributed by atoms with Crippen molar-refractivity contribution in [2.24, 2.45) is 5.10 Å². The third-order valence-corrected chi connectivity index (χ3v) is 5.38. The summed E-state index contributed by atoms with van der Waals surface area (Å²) in [5, 5.41) is 13.0. The molecule has 0 aliphatic carbocycles. The number of hydrogen-bond acceptors (Lipinski definition) is 7. The molecule has 0 bridgehead atoms. The van der Waals surface area contributed by atoms with Crippen molar-refractivity contribution in [1.29, 1.82) is 0 Å². The molecule has 8 heteroatoms. The number of aromatic nitrogens is 3. The number of nitrogens with one attached hydrogen (secondary N) is 2. The lowest BCUT2D eigenvalue weighted by Crippen LogP contribution is -2.34. The Kier molecular flexibility index (Phi) is 5.06. The fourth-order valence-electron chi connectivity index (χ4n) is 3.77. The van der Waals surface area contributed by atoms with Crippen molar-refractivity contribution in [2.75, 3.05) is 32.0 Å². The lowest BCUT2D eigenvalue weighted by Gasteiger charge is -2.24. The number of anilines is 2. The number of nitrogens with zero attached hydrogens (tertiary/aromatic N) is 5. The molecular formula is C22H25N7O. The molecular weight excluding hydrogens is 378 g/mol. The van der Waals surface area contributed by atoms with Gasteiger partial charge in [-0.3, -0.25) is 9.41 Å². The van der Waals surface area contributed by atoms with E-state index < -0.39 is 0 Å². The van der Waals surface area contributed by atoms with Crippen LogP contribution < -0.4 is 15.4 Å². The first kappa shape index (κ1) is 18.6. The van der Waals surface area contributed by atoms with Crippen LogP contribution >= 0.6 is 0 Å². The summed E-state index contributed by atoms with van der Waals surface area (Å²) in [7, 11) is 1.95. The van der Waals surface area contributed by atoms with Gasteiger partial charge < -0.3 is 15.4 Å². The van der Waals surface area contributed by atoms with Crippen LogP contribution in [-0.2, 0) is 0 Å². The van der Waals surface area contributed by atoms with E-state index in [-0.39, 0.29) is 6.10 Å². The largest absolute Gasteiger partial charge is 0.490 e. The zero-order valence-corrected chi connectivity index (χ0v) is 17.0. The molecule has 0 atom stereocenters. The molecule has 0 saturated carbocycles. The topological polar surface area (TPSA) is 79.1 Å². The molecule has 0 unspecified atom stereocenters. The number of hydrazone groups is 1. The second-order valence-electron chi connectivity index (χ2n) is 7.58. The van der Waals surface area contributed by atoms with Gasteiger partial charge in [-0.25, -0.2) is 9.97 Å². The summed E-state index contributed by atoms with van der Waals surface area (Å²) in [5.41, 5.74) is 3.74. The minimum Gasteiger partial charge on any atom is -0.490 e. The monoisotopic (exact) mass is 403 g/mol. The van der Waals surface area contributed by atoms with E-state index in [4.69, 9.17) is 4.74 Å². The molecule has 154 valence electrons. The highest BCUT2D eigenvalue weighted by Crippen LogP contribution is 2.26. The van der Waals surface area contributed by atoms with E-state index in [1.165, 1.54) is 0 Å². The van der Waals surface area contributed by atoms with Crippen LogP contribution in [0.25, 0.3) is 11.2 Å². The Morgan fingerprint density at radius 1 is 1.20 bits per heavy atom. The lowest BCUT2D eigenvalue weighted by molar-refractivity contribution is 0.162. The number of ether oxygens (including phenoxy) is 1. The van der Waals surface area contributed by atoms with E-state index in [0.29, 0.717) is 5.82 Å². The van der Waals surface area contributed by atoms with E-state index in [2.05, 4.69) is 31.8 Å². The average molecular weight is 403 g/mol. The minimum absolute atomic E-state index is 0.266. The number of fused-ring (bicyclic) bond motifs is 1. The Hall–Kier alpha value is -3.39. The molecule has 0 amide bonds. The predicted octanol–water partition coefficient (Wildman–Crippen LogP) is 2.92. The Morgan fingerprint density at radius 3 is 2.93 bits per heavy atom. The van der Waals surface area contributed by atoms with Crippen molar-refractivity contribution in [3.8, 4) is 5.75 Å².